The molecule has 0 spiro atoms. The highest BCUT2D eigenvalue weighted by Crippen LogP contribution is 2.30. The van der Waals surface area contributed by atoms with Gasteiger partial charge in [-0.2, -0.15) is 0 Å². The third-order valence-electron chi connectivity index (χ3n) is 4.12. The van der Waals surface area contributed by atoms with Crippen LogP contribution in [0, 0.1) is 0 Å². The summed E-state index contributed by atoms with van der Waals surface area (Å²) in [5.41, 5.74) is -1.92. The van der Waals surface area contributed by atoms with Crippen LogP contribution in [0.3, 0.4) is 0 Å². The van der Waals surface area contributed by atoms with Gasteiger partial charge in [0, 0.05) is 25.4 Å². The Kier molecular flexibility index (Phi) is 10.4. The summed E-state index contributed by atoms with van der Waals surface area (Å²) in [6.07, 6.45) is 2.18. The molecule has 0 fully saturated rings. The highest BCUT2D eigenvalue weighted by Gasteiger charge is 2.51. The number of nitrogens with one attached hydrogen (secondary N) is 1. The monoisotopic (exact) mass is 438 g/mol. The zero-order chi connectivity index (χ0) is 23.5. The lowest BCUT2D eigenvalue weighted by atomic mass is 9.96. The minimum absolute atomic E-state index is 0.0505. The molecule has 0 radical (unpaired) electrons. The van der Waals surface area contributed by atoms with Gasteiger partial charge in [-0.15, -0.1) is 0 Å². The highest BCUT2D eigenvalue weighted by atomic mass is 16.6. The molecule has 1 N–H and O–H groups in total. The number of hydrogen-bond acceptors (Lipinski definition) is 8. The molecule has 0 aromatic carbocycles. The molecule has 0 saturated carbocycles. The van der Waals surface area contributed by atoms with Crippen molar-refractivity contribution in [3.8, 4) is 0 Å². The van der Waals surface area contributed by atoms with Crippen molar-refractivity contribution >= 4 is 18.0 Å². The zero-order valence-corrected chi connectivity index (χ0v) is 19.2. The largest absolute Gasteiger partial charge is 0.463 e. The third kappa shape index (κ3) is 8.53. The number of carbonyl (C=O) groups is 3. The number of amides is 1. The van der Waals surface area contributed by atoms with E-state index in [1.54, 1.807) is 66.1 Å². The summed E-state index contributed by atoms with van der Waals surface area (Å²) in [5, 5.41) is 2.61. The molecule has 1 rings (SSSR count). The topological polar surface area (TPSA) is 113 Å². The summed E-state index contributed by atoms with van der Waals surface area (Å²) in [7, 11) is 0. The van der Waals surface area contributed by atoms with Gasteiger partial charge in [-0.05, 0) is 59.6 Å². The van der Waals surface area contributed by atoms with Crippen LogP contribution in [0.5, 0.6) is 0 Å². The zero-order valence-electron chi connectivity index (χ0n) is 19.2. The predicted molar refractivity (Wildman–Crippen MR) is 113 cm³/mol. The van der Waals surface area contributed by atoms with Crippen molar-refractivity contribution < 1.29 is 33.3 Å². The van der Waals surface area contributed by atoms with Crippen molar-refractivity contribution in [1.82, 2.24) is 10.3 Å². The number of nitrogens with zero attached hydrogens (tertiary/aromatic N) is 1. The molecular formula is C22H34N2O7. The highest BCUT2D eigenvalue weighted by molar-refractivity contribution is 6.03. The van der Waals surface area contributed by atoms with Crippen molar-refractivity contribution in [2.24, 2.45) is 0 Å². The fraction of sp³-hybridized carbons (Fsp3) is 0.636. The fourth-order valence-corrected chi connectivity index (χ4v) is 2.77. The van der Waals surface area contributed by atoms with Gasteiger partial charge in [0.15, 0.2) is 0 Å². The quantitative estimate of drug-likeness (QED) is 0.242. The molecule has 0 aliphatic heterocycles. The molecule has 174 valence electrons. The van der Waals surface area contributed by atoms with E-state index in [1.165, 1.54) is 0 Å². The van der Waals surface area contributed by atoms with Crippen LogP contribution in [0.25, 0.3) is 0 Å². The standard InChI is InChI=1S/C22H34N2O7/c1-7-28-18(25)22(19(26)29-8-2,30-16(3)17-11-9-13-23-15-17)12-10-14-24-20(27)31-21(4,5)6/h9,11,13,15-16H,7-8,10,12,14H2,1-6H3,(H,24,27). The van der Waals surface area contributed by atoms with E-state index in [0.29, 0.717) is 5.56 Å². The molecule has 0 aliphatic rings. The van der Waals surface area contributed by atoms with Gasteiger partial charge in [0.25, 0.3) is 5.60 Å². The summed E-state index contributed by atoms with van der Waals surface area (Å²) < 4.78 is 21.5. The maximum Gasteiger partial charge on any atom is 0.407 e. The van der Waals surface area contributed by atoms with Crippen LogP contribution in [0.15, 0.2) is 24.5 Å². The number of ether oxygens (including phenoxy) is 4. The van der Waals surface area contributed by atoms with Crippen LogP contribution in [0.1, 0.15) is 66.1 Å². The van der Waals surface area contributed by atoms with Crippen molar-refractivity contribution in [3.63, 3.8) is 0 Å². The van der Waals surface area contributed by atoms with E-state index in [4.69, 9.17) is 18.9 Å². The first-order valence-electron chi connectivity index (χ1n) is 10.4. The summed E-state index contributed by atoms with van der Waals surface area (Å²) in [4.78, 5) is 41.7. The Hall–Kier alpha value is -2.68. The SMILES string of the molecule is CCOC(=O)C(CCCNC(=O)OC(C)(C)C)(OC(C)c1cccnc1)C(=O)OCC. The number of carbonyl (C=O) groups excluding carboxylic acids is 3. The van der Waals surface area contributed by atoms with Gasteiger partial charge in [-0.3, -0.25) is 4.98 Å². The molecule has 1 aromatic heterocycles. The normalized spacial score (nSPS) is 12.6. The van der Waals surface area contributed by atoms with Gasteiger partial charge in [0.05, 0.1) is 19.3 Å². The van der Waals surface area contributed by atoms with E-state index in [-0.39, 0.29) is 32.6 Å². The first-order chi connectivity index (χ1) is 14.6. The van der Waals surface area contributed by atoms with Crippen molar-refractivity contribution in [2.75, 3.05) is 19.8 Å². The number of aromatic nitrogens is 1. The van der Waals surface area contributed by atoms with Gasteiger partial charge in [0.1, 0.15) is 5.60 Å². The first kappa shape index (κ1) is 26.4. The van der Waals surface area contributed by atoms with Gasteiger partial charge < -0.3 is 24.3 Å². The van der Waals surface area contributed by atoms with E-state index in [1.807, 2.05) is 0 Å². The Bertz CT molecular complexity index is 698. The second kappa shape index (κ2) is 12.2. The molecule has 0 bridgehead atoms. The average molecular weight is 439 g/mol. The molecule has 0 aliphatic carbocycles. The number of pyridine rings is 1. The van der Waals surface area contributed by atoms with Crippen LogP contribution in [-0.4, -0.2) is 54.0 Å². The lowest BCUT2D eigenvalue weighted by Crippen LogP contribution is -2.52. The van der Waals surface area contributed by atoms with E-state index in [9.17, 15) is 14.4 Å². The van der Waals surface area contributed by atoms with E-state index in [0.717, 1.165) is 0 Å². The van der Waals surface area contributed by atoms with Crippen molar-refractivity contribution in [1.29, 1.82) is 0 Å². The summed E-state index contributed by atoms with van der Waals surface area (Å²) in [6, 6.07) is 3.51. The van der Waals surface area contributed by atoms with Gasteiger partial charge in [-0.25, -0.2) is 14.4 Å². The Morgan fingerprint density at radius 2 is 1.71 bits per heavy atom. The first-order valence-corrected chi connectivity index (χ1v) is 10.4. The van der Waals surface area contributed by atoms with Crippen LogP contribution >= 0.6 is 0 Å². The fourth-order valence-electron chi connectivity index (χ4n) is 2.77. The van der Waals surface area contributed by atoms with Gasteiger partial charge in [-0.1, -0.05) is 6.07 Å². The summed E-state index contributed by atoms with van der Waals surface area (Å²) in [6.45, 7) is 10.6. The minimum atomic E-state index is -1.98. The molecule has 1 unspecified atom stereocenters. The molecule has 31 heavy (non-hydrogen) atoms. The average Bonchev–Trinajstić information content (AvgIpc) is 2.69. The van der Waals surface area contributed by atoms with Crippen LogP contribution in [-0.2, 0) is 28.5 Å². The molecule has 9 nitrogen and oxygen atoms in total. The summed E-state index contributed by atoms with van der Waals surface area (Å²) >= 11 is 0. The second-order valence-electron chi connectivity index (χ2n) is 7.85. The van der Waals surface area contributed by atoms with Crippen LogP contribution in [0.4, 0.5) is 4.79 Å². The number of alkyl carbamates (subject to hydrolysis) is 1. The van der Waals surface area contributed by atoms with Crippen molar-refractivity contribution in [3.05, 3.63) is 30.1 Å². The Balaban J connectivity index is 3.02. The molecule has 1 amide bonds. The maximum absolute atomic E-state index is 12.9. The second-order valence-corrected chi connectivity index (χ2v) is 7.85. The molecule has 9 heteroatoms. The van der Waals surface area contributed by atoms with Gasteiger partial charge >= 0.3 is 18.0 Å². The maximum atomic E-state index is 12.9. The molecule has 1 atom stereocenters. The number of hydrogen-bond donors (Lipinski definition) is 1. The molecule has 1 aromatic rings. The molecule has 1 heterocycles. The lowest BCUT2D eigenvalue weighted by molar-refractivity contribution is -0.199. The molecule has 0 saturated heterocycles. The number of esters is 2. The molecular weight excluding hydrogens is 404 g/mol. The van der Waals surface area contributed by atoms with E-state index >= 15 is 0 Å². The Morgan fingerprint density at radius 1 is 1.10 bits per heavy atom. The van der Waals surface area contributed by atoms with Gasteiger partial charge in [0.2, 0.25) is 0 Å². The van der Waals surface area contributed by atoms with E-state index in [2.05, 4.69) is 10.3 Å². The van der Waals surface area contributed by atoms with Crippen LogP contribution < -0.4 is 5.32 Å². The third-order valence-corrected chi connectivity index (χ3v) is 4.12. The number of rotatable bonds is 11. The smallest absolute Gasteiger partial charge is 0.407 e. The lowest BCUT2D eigenvalue weighted by Gasteiger charge is -2.32. The summed E-state index contributed by atoms with van der Waals surface area (Å²) in [5.74, 6) is -1.66. The van der Waals surface area contributed by atoms with E-state index < -0.39 is 35.3 Å². The Labute approximate surface area is 183 Å². The predicted octanol–water partition coefficient (Wildman–Crippen LogP) is 3.33. The minimum Gasteiger partial charge on any atom is -0.463 e. The Morgan fingerprint density at radius 3 is 2.19 bits per heavy atom. The van der Waals surface area contributed by atoms with Crippen molar-refractivity contribution in [2.45, 2.75) is 71.7 Å². The van der Waals surface area contributed by atoms with Crippen LogP contribution in [0.2, 0.25) is 0 Å².